The summed E-state index contributed by atoms with van der Waals surface area (Å²) < 4.78 is 32.2. The fourth-order valence-electron chi connectivity index (χ4n) is 2.55. The van der Waals surface area contributed by atoms with Gasteiger partial charge >= 0.3 is 0 Å². The van der Waals surface area contributed by atoms with Crippen LogP contribution in [0.4, 0.5) is 5.69 Å². The second kappa shape index (κ2) is 8.57. The van der Waals surface area contributed by atoms with Gasteiger partial charge in [-0.05, 0) is 36.6 Å². The molecule has 2 heterocycles. The van der Waals surface area contributed by atoms with Crippen molar-refractivity contribution in [1.82, 2.24) is 9.29 Å². The minimum atomic E-state index is -3.80. The second-order valence-corrected chi connectivity index (χ2v) is 8.85. The van der Waals surface area contributed by atoms with Gasteiger partial charge in [0, 0.05) is 18.7 Å². The Morgan fingerprint density at radius 3 is 2.63 bits per heavy atom. The van der Waals surface area contributed by atoms with Gasteiger partial charge in [-0.1, -0.05) is 11.6 Å². The lowest BCUT2D eigenvalue weighted by molar-refractivity contribution is 0.0730. The summed E-state index contributed by atoms with van der Waals surface area (Å²) in [6.07, 6.45) is 3.45. The zero-order valence-electron chi connectivity index (χ0n) is 14.5. The van der Waals surface area contributed by atoms with Crippen LogP contribution in [0.1, 0.15) is 10.4 Å². The minimum Gasteiger partial charge on any atom is -0.379 e. The molecule has 1 aromatic heterocycles. The van der Waals surface area contributed by atoms with Crippen LogP contribution in [0.2, 0.25) is 5.02 Å². The van der Waals surface area contributed by atoms with Crippen LogP contribution in [0, 0.1) is 0 Å². The fraction of sp³-hybridized carbons (Fsp3) is 0.294. The number of hydrogen-bond donors (Lipinski definition) is 1. The molecule has 1 aliphatic rings. The molecule has 7 nitrogen and oxygen atoms in total. The van der Waals surface area contributed by atoms with Gasteiger partial charge in [0.2, 0.25) is 10.0 Å². The second-order valence-electron chi connectivity index (χ2n) is 5.71. The van der Waals surface area contributed by atoms with Crippen LogP contribution in [-0.2, 0) is 14.8 Å². The van der Waals surface area contributed by atoms with Gasteiger partial charge in [0.1, 0.15) is 4.90 Å². The van der Waals surface area contributed by atoms with Crippen LogP contribution in [0.5, 0.6) is 0 Å². The molecule has 0 radical (unpaired) electrons. The lowest BCUT2D eigenvalue weighted by atomic mass is 10.2. The number of hydrogen-bond acceptors (Lipinski definition) is 6. The molecule has 0 spiro atoms. The summed E-state index contributed by atoms with van der Waals surface area (Å²) in [6.45, 7) is 1.16. The topological polar surface area (TPSA) is 88.6 Å². The Morgan fingerprint density at radius 2 is 2.00 bits per heavy atom. The molecule has 27 heavy (non-hydrogen) atoms. The van der Waals surface area contributed by atoms with E-state index in [0.29, 0.717) is 18.9 Å². The third-order valence-corrected chi connectivity index (χ3v) is 7.02. The number of ether oxygens (including phenoxy) is 1. The van der Waals surface area contributed by atoms with Crippen molar-refractivity contribution < 1.29 is 17.9 Å². The summed E-state index contributed by atoms with van der Waals surface area (Å²) in [6, 6.07) is 7.72. The highest BCUT2D eigenvalue weighted by molar-refractivity contribution is 7.98. The lowest BCUT2D eigenvalue weighted by Crippen LogP contribution is -2.40. The summed E-state index contributed by atoms with van der Waals surface area (Å²) in [5.41, 5.74) is 0.713. The van der Waals surface area contributed by atoms with Crippen molar-refractivity contribution in [1.29, 1.82) is 0 Å². The molecule has 144 valence electrons. The number of carbonyl (C=O) groups excluding carboxylic acids is 1. The standard InChI is InChI=1S/C17H18ClN3O4S2/c1-26-16-5-3-13(11-19-16)20-17(22)12-2-4-14(18)15(10-12)27(23,24)21-6-8-25-9-7-21/h2-5,10-11H,6-9H2,1H3,(H,20,22). The van der Waals surface area contributed by atoms with Crippen molar-refractivity contribution in [3.05, 3.63) is 47.1 Å². The molecule has 0 saturated carbocycles. The van der Waals surface area contributed by atoms with Crippen molar-refractivity contribution in [3.63, 3.8) is 0 Å². The Balaban J connectivity index is 1.84. The molecule has 1 aliphatic heterocycles. The van der Waals surface area contributed by atoms with Gasteiger partial charge in [0.15, 0.2) is 0 Å². The van der Waals surface area contributed by atoms with E-state index < -0.39 is 15.9 Å². The number of thioether (sulfide) groups is 1. The maximum Gasteiger partial charge on any atom is 0.255 e. The summed E-state index contributed by atoms with van der Waals surface area (Å²) in [7, 11) is -3.80. The monoisotopic (exact) mass is 427 g/mol. The fourth-order valence-corrected chi connectivity index (χ4v) is 4.82. The third kappa shape index (κ3) is 4.61. The summed E-state index contributed by atoms with van der Waals surface area (Å²) >= 11 is 7.61. The number of amides is 1. The highest BCUT2D eigenvalue weighted by Gasteiger charge is 2.29. The first-order chi connectivity index (χ1) is 12.9. The van der Waals surface area contributed by atoms with E-state index in [-0.39, 0.29) is 28.6 Å². The number of morpholine rings is 1. The Hall–Kier alpha value is -1.65. The highest BCUT2D eigenvalue weighted by atomic mass is 35.5. The van der Waals surface area contributed by atoms with Gasteiger partial charge in [-0.3, -0.25) is 4.79 Å². The first kappa shape index (κ1) is 20.1. The predicted octanol–water partition coefficient (Wildman–Crippen LogP) is 2.73. The molecule has 1 amide bonds. The molecule has 0 atom stereocenters. The molecule has 0 aliphatic carbocycles. The Labute approximate surface area is 167 Å². The van der Waals surface area contributed by atoms with E-state index in [0.717, 1.165) is 5.03 Å². The number of pyridine rings is 1. The number of nitrogens with zero attached hydrogens (tertiary/aromatic N) is 2. The first-order valence-electron chi connectivity index (χ1n) is 8.10. The average Bonchev–Trinajstić information content (AvgIpc) is 2.69. The predicted molar refractivity (Wildman–Crippen MR) is 105 cm³/mol. The van der Waals surface area contributed by atoms with Gasteiger partial charge < -0.3 is 10.1 Å². The van der Waals surface area contributed by atoms with E-state index >= 15 is 0 Å². The number of rotatable bonds is 5. The van der Waals surface area contributed by atoms with E-state index in [1.165, 1.54) is 34.3 Å². The van der Waals surface area contributed by atoms with Gasteiger partial charge in [0.25, 0.3) is 5.91 Å². The molecule has 1 aromatic carbocycles. The normalized spacial score (nSPS) is 15.5. The SMILES string of the molecule is CSc1ccc(NC(=O)c2ccc(Cl)c(S(=O)(=O)N3CCOCC3)c2)cn1. The van der Waals surface area contributed by atoms with Crippen LogP contribution in [0.15, 0.2) is 46.5 Å². The maximum atomic E-state index is 12.9. The molecule has 3 rings (SSSR count). The number of anilines is 1. The van der Waals surface area contributed by atoms with Crippen molar-refractivity contribution in [2.75, 3.05) is 37.9 Å². The van der Waals surface area contributed by atoms with E-state index in [4.69, 9.17) is 16.3 Å². The first-order valence-corrected chi connectivity index (χ1v) is 11.1. The van der Waals surface area contributed by atoms with E-state index in [1.54, 1.807) is 18.3 Å². The Bertz CT molecular complexity index is 930. The van der Waals surface area contributed by atoms with Crippen LogP contribution < -0.4 is 5.32 Å². The van der Waals surface area contributed by atoms with Gasteiger partial charge in [-0.15, -0.1) is 11.8 Å². The summed E-state index contributed by atoms with van der Waals surface area (Å²) in [5, 5.41) is 3.61. The zero-order valence-corrected chi connectivity index (χ0v) is 16.9. The Morgan fingerprint density at radius 1 is 1.26 bits per heavy atom. The Kier molecular flexibility index (Phi) is 6.38. The number of halogens is 1. The summed E-state index contributed by atoms with van der Waals surface area (Å²) in [5.74, 6) is -0.441. The molecular weight excluding hydrogens is 410 g/mol. The smallest absolute Gasteiger partial charge is 0.255 e. The number of nitrogens with one attached hydrogen (secondary N) is 1. The van der Waals surface area contributed by atoms with E-state index in [1.807, 2.05) is 6.26 Å². The average molecular weight is 428 g/mol. The molecule has 0 unspecified atom stereocenters. The van der Waals surface area contributed by atoms with Crippen molar-refractivity contribution in [2.45, 2.75) is 9.92 Å². The third-order valence-electron chi connectivity index (χ3n) is 3.98. The maximum absolute atomic E-state index is 12.9. The zero-order chi connectivity index (χ0) is 19.4. The largest absolute Gasteiger partial charge is 0.379 e. The van der Waals surface area contributed by atoms with E-state index in [9.17, 15) is 13.2 Å². The highest BCUT2D eigenvalue weighted by Crippen LogP contribution is 2.27. The molecule has 1 saturated heterocycles. The number of aromatic nitrogens is 1. The van der Waals surface area contributed by atoms with Crippen molar-refractivity contribution in [2.24, 2.45) is 0 Å². The molecule has 2 aromatic rings. The number of benzene rings is 1. The van der Waals surface area contributed by atoms with E-state index in [2.05, 4.69) is 10.3 Å². The number of sulfonamides is 1. The quantitative estimate of drug-likeness (QED) is 0.738. The minimum absolute atomic E-state index is 0.0732. The van der Waals surface area contributed by atoms with Gasteiger partial charge in [-0.2, -0.15) is 4.31 Å². The number of carbonyl (C=O) groups is 1. The summed E-state index contributed by atoms with van der Waals surface area (Å²) in [4.78, 5) is 16.6. The molecule has 10 heteroatoms. The van der Waals surface area contributed by atoms with Gasteiger partial charge in [-0.25, -0.2) is 13.4 Å². The van der Waals surface area contributed by atoms with Crippen molar-refractivity contribution in [3.8, 4) is 0 Å². The van der Waals surface area contributed by atoms with Crippen LogP contribution in [-0.4, -0.2) is 56.2 Å². The molecule has 0 bridgehead atoms. The molecule has 1 fully saturated rings. The molecular formula is C17H18ClN3O4S2. The lowest BCUT2D eigenvalue weighted by Gasteiger charge is -2.26. The van der Waals surface area contributed by atoms with Crippen LogP contribution in [0.3, 0.4) is 0 Å². The van der Waals surface area contributed by atoms with Crippen molar-refractivity contribution >= 4 is 45.0 Å². The van der Waals surface area contributed by atoms with Crippen LogP contribution in [0.25, 0.3) is 0 Å². The van der Waals surface area contributed by atoms with Crippen LogP contribution >= 0.6 is 23.4 Å². The van der Waals surface area contributed by atoms with Gasteiger partial charge in [0.05, 0.1) is 35.1 Å². The molecule has 1 N–H and O–H groups in total.